The Morgan fingerprint density at radius 1 is 0.758 bits per heavy atom. The first-order chi connectivity index (χ1) is 16.1. The van der Waals surface area contributed by atoms with Crippen molar-refractivity contribution >= 4 is 15.7 Å². The third kappa shape index (κ3) is 4.85. The SMILES string of the molecule is O=S(=O)(N[C@@H]1Cc2cc(-c3ccccc3)ccc2N(Cc2ccccc2)C1)c1ccccc1. The molecule has 0 saturated carbocycles. The van der Waals surface area contributed by atoms with Gasteiger partial charge < -0.3 is 4.90 Å². The minimum Gasteiger partial charge on any atom is -0.365 e. The van der Waals surface area contributed by atoms with Gasteiger partial charge in [0.2, 0.25) is 10.0 Å². The maximum Gasteiger partial charge on any atom is 0.240 e. The van der Waals surface area contributed by atoms with Crippen molar-refractivity contribution in [3.05, 3.63) is 120 Å². The highest BCUT2D eigenvalue weighted by Crippen LogP contribution is 2.33. The average Bonchev–Trinajstić information content (AvgIpc) is 2.85. The maximum absolute atomic E-state index is 13.0. The molecule has 0 saturated heterocycles. The molecule has 0 radical (unpaired) electrons. The molecule has 1 atom stereocenters. The normalized spacial score (nSPS) is 15.8. The Bertz CT molecular complexity index is 1320. The molecule has 1 aliphatic heterocycles. The summed E-state index contributed by atoms with van der Waals surface area (Å²) in [4.78, 5) is 2.57. The topological polar surface area (TPSA) is 49.4 Å². The number of anilines is 1. The van der Waals surface area contributed by atoms with Crippen molar-refractivity contribution in [2.45, 2.75) is 23.9 Å². The van der Waals surface area contributed by atoms with Crippen molar-refractivity contribution in [2.75, 3.05) is 11.4 Å². The lowest BCUT2D eigenvalue weighted by Gasteiger charge is -2.37. The van der Waals surface area contributed by atoms with Crippen LogP contribution in [-0.2, 0) is 23.0 Å². The Hall–Kier alpha value is -3.41. The lowest BCUT2D eigenvalue weighted by molar-refractivity contribution is 0.524. The molecule has 0 aliphatic carbocycles. The first kappa shape index (κ1) is 21.4. The van der Waals surface area contributed by atoms with Gasteiger partial charge in [-0.05, 0) is 52.9 Å². The average molecular weight is 455 g/mol. The number of fused-ring (bicyclic) bond motifs is 1. The molecule has 1 N–H and O–H groups in total. The fourth-order valence-corrected chi connectivity index (χ4v) is 5.73. The van der Waals surface area contributed by atoms with E-state index in [4.69, 9.17) is 0 Å². The summed E-state index contributed by atoms with van der Waals surface area (Å²) >= 11 is 0. The third-order valence-electron chi connectivity index (χ3n) is 6.03. The van der Waals surface area contributed by atoms with E-state index in [1.165, 1.54) is 5.56 Å². The predicted molar refractivity (Wildman–Crippen MR) is 134 cm³/mol. The van der Waals surface area contributed by atoms with E-state index in [2.05, 4.69) is 52.1 Å². The molecule has 4 aromatic carbocycles. The molecule has 1 heterocycles. The lowest BCUT2D eigenvalue weighted by Crippen LogP contribution is -2.48. The highest BCUT2D eigenvalue weighted by molar-refractivity contribution is 7.89. The lowest BCUT2D eigenvalue weighted by atomic mass is 9.94. The van der Waals surface area contributed by atoms with Gasteiger partial charge in [0.1, 0.15) is 0 Å². The quantitative estimate of drug-likeness (QED) is 0.432. The second-order valence-electron chi connectivity index (χ2n) is 8.41. The summed E-state index contributed by atoms with van der Waals surface area (Å²) in [6.07, 6.45) is 0.646. The molecule has 0 amide bonds. The second kappa shape index (κ2) is 9.22. The zero-order valence-corrected chi connectivity index (χ0v) is 19.1. The molecule has 5 heteroatoms. The largest absolute Gasteiger partial charge is 0.365 e. The number of hydrogen-bond acceptors (Lipinski definition) is 3. The number of hydrogen-bond donors (Lipinski definition) is 1. The Kier molecular flexibility index (Phi) is 5.99. The minimum absolute atomic E-state index is 0.225. The van der Waals surface area contributed by atoms with E-state index < -0.39 is 10.0 Å². The van der Waals surface area contributed by atoms with Gasteiger partial charge in [-0.15, -0.1) is 0 Å². The van der Waals surface area contributed by atoms with E-state index >= 15 is 0 Å². The van der Waals surface area contributed by atoms with E-state index in [-0.39, 0.29) is 6.04 Å². The van der Waals surface area contributed by atoms with Crippen molar-refractivity contribution in [1.82, 2.24) is 4.72 Å². The maximum atomic E-state index is 13.0. The van der Waals surface area contributed by atoms with E-state index in [1.807, 2.05) is 42.5 Å². The standard InChI is InChI=1S/C28H26N2O2S/c31-33(32,27-14-8-3-9-15-27)29-26-19-25-18-24(23-12-6-2-7-13-23)16-17-28(25)30(21-26)20-22-10-4-1-5-11-22/h1-18,26,29H,19-21H2/t26-/m1/s1. The van der Waals surface area contributed by atoms with Gasteiger partial charge in [-0.3, -0.25) is 0 Å². The fraction of sp³-hybridized carbons (Fsp3) is 0.143. The molecular weight excluding hydrogens is 428 g/mol. The summed E-state index contributed by atoms with van der Waals surface area (Å²) < 4.78 is 29.0. The minimum atomic E-state index is -3.60. The molecule has 5 rings (SSSR count). The molecule has 0 fully saturated rings. The van der Waals surface area contributed by atoms with Crippen LogP contribution in [0, 0.1) is 0 Å². The van der Waals surface area contributed by atoms with Crippen LogP contribution >= 0.6 is 0 Å². The zero-order chi connectivity index (χ0) is 22.7. The summed E-state index contributed by atoms with van der Waals surface area (Å²) in [7, 11) is -3.60. The summed E-state index contributed by atoms with van der Waals surface area (Å²) in [5, 5.41) is 0. The number of benzene rings is 4. The number of nitrogens with zero attached hydrogens (tertiary/aromatic N) is 1. The van der Waals surface area contributed by atoms with Gasteiger partial charge in [0.05, 0.1) is 4.90 Å². The molecular formula is C28H26N2O2S. The van der Waals surface area contributed by atoms with E-state index in [1.54, 1.807) is 24.3 Å². The Morgan fingerprint density at radius 3 is 2.09 bits per heavy atom. The van der Waals surface area contributed by atoms with Gasteiger partial charge >= 0.3 is 0 Å². The molecule has 166 valence electrons. The van der Waals surface area contributed by atoms with Gasteiger partial charge in [0, 0.05) is 24.8 Å². The van der Waals surface area contributed by atoms with Gasteiger partial charge in [0.15, 0.2) is 0 Å². The number of sulfonamides is 1. The molecule has 0 unspecified atom stereocenters. The van der Waals surface area contributed by atoms with Crippen molar-refractivity contribution in [3.8, 4) is 11.1 Å². The van der Waals surface area contributed by atoms with Gasteiger partial charge in [-0.25, -0.2) is 13.1 Å². The summed E-state index contributed by atoms with van der Waals surface area (Å²) in [6, 6.07) is 35.5. The first-order valence-corrected chi connectivity index (χ1v) is 12.6. The number of rotatable bonds is 6. The Labute approximate surface area is 195 Å². The highest BCUT2D eigenvalue weighted by atomic mass is 32.2. The highest BCUT2D eigenvalue weighted by Gasteiger charge is 2.28. The Morgan fingerprint density at radius 2 is 1.39 bits per heavy atom. The summed E-state index contributed by atoms with van der Waals surface area (Å²) in [5.74, 6) is 0. The molecule has 33 heavy (non-hydrogen) atoms. The predicted octanol–water partition coefficient (Wildman–Crippen LogP) is 5.26. The van der Waals surface area contributed by atoms with Crippen LogP contribution < -0.4 is 9.62 Å². The molecule has 0 aromatic heterocycles. The van der Waals surface area contributed by atoms with Crippen molar-refractivity contribution in [3.63, 3.8) is 0 Å². The van der Waals surface area contributed by atoms with Crippen LogP contribution in [0.3, 0.4) is 0 Å². The van der Waals surface area contributed by atoms with Crippen LogP contribution in [0.5, 0.6) is 0 Å². The van der Waals surface area contributed by atoms with Gasteiger partial charge in [-0.1, -0.05) is 84.9 Å². The number of nitrogens with one attached hydrogen (secondary N) is 1. The first-order valence-electron chi connectivity index (χ1n) is 11.1. The van der Waals surface area contributed by atoms with Crippen LogP contribution in [0.2, 0.25) is 0 Å². The summed E-state index contributed by atoms with van der Waals surface area (Å²) in [5.41, 5.74) is 5.80. The van der Waals surface area contributed by atoms with E-state index in [9.17, 15) is 8.42 Å². The Balaban J connectivity index is 1.48. The summed E-state index contributed by atoms with van der Waals surface area (Å²) in [6.45, 7) is 1.33. The second-order valence-corrected chi connectivity index (χ2v) is 10.1. The molecule has 4 aromatic rings. The van der Waals surface area contributed by atoms with Crippen LogP contribution in [-0.4, -0.2) is 21.0 Å². The van der Waals surface area contributed by atoms with Crippen LogP contribution in [0.15, 0.2) is 114 Å². The smallest absolute Gasteiger partial charge is 0.240 e. The molecule has 4 nitrogen and oxygen atoms in total. The van der Waals surface area contributed by atoms with Crippen LogP contribution in [0.25, 0.3) is 11.1 Å². The van der Waals surface area contributed by atoms with E-state index in [0.29, 0.717) is 17.9 Å². The molecule has 0 bridgehead atoms. The van der Waals surface area contributed by atoms with Crippen LogP contribution in [0.4, 0.5) is 5.69 Å². The fourth-order valence-electron chi connectivity index (χ4n) is 4.48. The zero-order valence-electron chi connectivity index (χ0n) is 18.3. The van der Waals surface area contributed by atoms with Gasteiger partial charge in [0.25, 0.3) is 0 Å². The van der Waals surface area contributed by atoms with E-state index in [0.717, 1.165) is 28.9 Å². The van der Waals surface area contributed by atoms with Crippen molar-refractivity contribution in [1.29, 1.82) is 0 Å². The van der Waals surface area contributed by atoms with Crippen molar-refractivity contribution < 1.29 is 8.42 Å². The molecule has 1 aliphatic rings. The van der Waals surface area contributed by atoms with Gasteiger partial charge in [-0.2, -0.15) is 0 Å². The van der Waals surface area contributed by atoms with Crippen molar-refractivity contribution in [2.24, 2.45) is 0 Å². The third-order valence-corrected chi connectivity index (χ3v) is 7.56. The van der Waals surface area contributed by atoms with Crippen LogP contribution in [0.1, 0.15) is 11.1 Å². The monoisotopic (exact) mass is 454 g/mol. The molecule has 0 spiro atoms.